The first-order chi connectivity index (χ1) is 10.8. The minimum Gasteiger partial charge on any atom is -0.497 e. The molecule has 2 aromatic rings. The van der Waals surface area contributed by atoms with E-state index in [-0.39, 0.29) is 0 Å². The minimum absolute atomic E-state index is 0.518. The molecule has 1 N–H and O–H groups in total. The summed E-state index contributed by atoms with van der Waals surface area (Å²) in [5.41, 5.74) is 4.02. The number of rotatable bonds is 4. The van der Waals surface area contributed by atoms with Gasteiger partial charge in [-0.3, -0.25) is 0 Å². The zero-order chi connectivity index (χ0) is 15.4. The highest BCUT2D eigenvalue weighted by Gasteiger charge is 2.26. The average molecular weight is 295 g/mol. The first kappa shape index (κ1) is 15.0. The maximum atomic E-state index is 5.23. The highest BCUT2D eigenvalue weighted by atomic mass is 16.5. The van der Waals surface area contributed by atoms with Gasteiger partial charge in [0, 0.05) is 17.6 Å². The summed E-state index contributed by atoms with van der Waals surface area (Å²) in [4.78, 5) is 0. The molecule has 0 radical (unpaired) electrons. The Kier molecular flexibility index (Phi) is 4.67. The van der Waals surface area contributed by atoms with Crippen LogP contribution in [0.15, 0.2) is 48.5 Å². The van der Waals surface area contributed by atoms with Gasteiger partial charge < -0.3 is 10.1 Å². The Labute approximate surface area is 133 Å². The standard InChI is InChI=1S/C20H25NO/c1-15-6-5-7-16(14-15)19-8-3-4-9-20(19)21-17-10-12-18(22-2)13-11-17/h5-7,10-14,19-21H,3-4,8-9H2,1-2H3. The van der Waals surface area contributed by atoms with Gasteiger partial charge in [0.1, 0.15) is 5.75 Å². The predicted molar refractivity (Wildman–Crippen MR) is 92.8 cm³/mol. The van der Waals surface area contributed by atoms with Crippen molar-refractivity contribution in [2.75, 3.05) is 12.4 Å². The molecule has 1 aliphatic rings. The monoisotopic (exact) mass is 295 g/mol. The molecule has 116 valence electrons. The minimum atomic E-state index is 0.518. The molecule has 0 spiro atoms. The Morgan fingerprint density at radius 3 is 2.50 bits per heavy atom. The van der Waals surface area contributed by atoms with E-state index in [0.29, 0.717) is 12.0 Å². The highest BCUT2D eigenvalue weighted by molar-refractivity contribution is 5.48. The molecule has 0 saturated heterocycles. The molecule has 0 aromatic heterocycles. The maximum Gasteiger partial charge on any atom is 0.119 e. The van der Waals surface area contributed by atoms with E-state index >= 15 is 0 Å². The lowest BCUT2D eigenvalue weighted by atomic mass is 9.79. The van der Waals surface area contributed by atoms with Crippen LogP contribution in [0.5, 0.6) is 5.75 Å². The second-order valence-electron chi connectivity index (χ2n) is 6.28. The van der Waals surface area contributed by atoms with Crippen LogP contribution in [-0.4, -0.2) is 13.2 Å². The van der Waals surface area contributed by atoms with Crippen molar-refractivity contribution < 1.29 is 4.74 Å². The van der Waals surface area contributed by atoms with Crippen LogP contribution in [0, 0.1) is 6.92 Å². The molecule has 0 bridgehead atoms. The van der Waals surface area contributed by atoms with Crippen molar-refractivity contribution in [1.82, 2.24) is 0 Å². The van der Waals surface area contributed by atoms with Crippen LogP contribution in [0.2, 0.25) is 0 Å². The number of nitrogens with one attached hydrogen (secondary N) is 1. The number of hydrogen-bond acceptors (Lipinski definition) is 2. The van der Waals surface area contributed by atoms with Crippen LogP contribution in [0.4, 0.5) is 5.69 Å². The molecule has 3 rings (SSSR count). The van der Waals surface area contributed by atoms with Gasteiger partial charge in [-0.15, -0.1) is 0 Å². The average Bonchev–Trinajstić information content (AvgIpc) is 2.56. The van der Waals surface area contributed by atoms with Crippen LogP contribution >= 0.6 is 0 Å². The quantitative estimate of drug-likeness (QED) is 0.843. The Morgan fingerprint density at radius 2 is 1.77 bits per heavy atom. The number of benzene rings is 2. The molecular formula is C20H25NO. The van der Waals surface area contributed by atoms with Gasteiger partial charge in [-0.25, -0.2) is 0 Å². The predicted octanol–water partition coefficient (Wildman–Crippen LogP) is 5.14. The van der Waals surface area contributed by atoms with Crippen LogP contribution in [0.1, 0.15) is 42.7 Å². The lowest BCUT2D eigenvalue weighted by molar-refractivity contribution is 0.404. The Bertz CT molecular complexity index is 605. The van der Waals surface area contributed by atoms with Gasteiger partial charge in [0.05, 0.1) is 7.11 Å². The van der Waals surface area contributed by atoms with Gasteiger partial charge in [-0.1, -0.05) is 42.7 Å². The van der Waals surface area contributed by atoms with E-state index in [4.69, 9.17) is 4.74 Å². The topological polar surface area (TPSA) is 21.3 Å². The molecule has 2 unspecified atom stereocenters. The summed E-state index contributed by atoms with van der Waals surface area (Å²) in [6, 6.07) is 17.8. The fraction of sp³-hybridized carbons (Fsp3) is 0.400. The molecule has 0 aliphatic heterocycles. The summed E-state index contributed by atoms with van der Waals surface area (Å²) >= 11 is 0. The van der Waals surface area contributed by atoms with Gasteiger partial charge in [-0.05, 0) is 49.6 Å². The molecular weight excluding hydrogens is 270 g/mol. The molecule has 0 heterocycles. The zero-order valence-electron chi connectivity index (χ0n) is 13.5. The molecule has 1 fully saturated rings. The van der Waals surface area contributed by atoms with Crippen LogP contribution in [0.3, 0.4) is 0 Å². The third-order valence-corrected chi connectivity index (χ3v) is 4.68. The zero-order valence-corrected chi connectivity index (χ0v) is 13.5. The molecule has 2 aromatic carbocycles. The van der Waals surface area contributed by atoms with Crippen molar-refractivity contribution in [2.45, 2.75) is 44.6 Å². The van der Waals surface area contributed by atoms with Crippen molar-refractivity contribution in [3.8, 4) is 5.75 Å². The first-order valence-corrected chi connectivity index (χ1v) is 8.23. The largest absolute Gasteiger partial charge is 0.497 e. The Balaban J connectivity index is 1.77. The van der Waals surface area contributed by atoms with Gasteiger partial charge in [0.15, 0.2) is 0 Å². The first-order valence-electron chi connectivity index (χ1n) is 8.23. The van der Waals surface area contributed by atoms with E-state index in [1.54, 1.807) is 7.11 Å². The molecule has 2 heteroatoms. The van der Waals surface area contributed by atoms with Crippen molar-refractivity contribution in [2.24, 2.45) is 0 Å². The van der Waals surface area contributed by atoms with E-state index in [1.807, 2.05) is 12.1 Å². The van der Waals surface area contributed by atoms with Crippen LogP contribution < -0.4 is 10.1 Å². The van der Waals surface area contributed by atoms with Crippen LogP contribution in [0.25, 0.3) is 0 Å². The molecule has 2 atom stereocenters. The summed E-state index contributed by atoms with van der Waals surface area (Å²) < 4.78 is 5.23. The lowest BCUT2D eigenvalue weighted by Crippen LogP contribution is -2.30. The molecule has 1 aliphatic carbocycles. The highest BCUT2D eigenvalue weighted by Crippen LogP contribution is 2.35. The van der Waals surface area contributed by atoms with E-state index < -0.39 is 0 Å². The second-order valence-corrected chi connectivity index (χ2v) is 6.28. The summed E-state index contributed by atoms with van der Waals surface area (Å²) in [7, 11) is 1.71. The molecule has 0 amide bonds. The lowest BCUT2D eigenvalue weighted by Gasteiger charge is -2.33. The Hall–Kier alpha value is -1.96. The van der Waals surface area contributed by atoms with Gasteiger partial charge in [-0.2, -0.15) is 0 Å². The second kappa shape index (κ2) is 6.87. The fourth-order valence-corrected chi connectivity index (χ4v) is 3.50. The third kappa shape index (κ3) is 3.44. The summed E-state index contributed by atoms with van der Waals surface area (Å²) in [5, 5.41) is 3.74. The van der Waals surface area contributed by atoms with E-state index in [0.717, 1.165) is 5.75 Å². The normalized spacial score (nSPS) is 21.4. The van der Waals surface area contributed by atoms with Crippen LogP contribution in [-0.2, 0) is 0 Å². The van der Waals surface area contributed by atoms with E-state index in [1.165, 1.54) is 42.5 Å². The van der Waals surface area contributed by atoms with Gasteiger partial charge >= 0.3 is 0 Å². The van der Waals surface area contributed by atoms with Crippen molar-refractivity contribution in [1.29, 1.82) is 0 Å². The SMILES string of the molecule is COc1ccc(NC2CCCCC2c2cccc(C)c2)cc1. The summed E-state index contributed by atoms with van der Waals surface area (Å²) in [5.74, 6) is 1.51. The van der Waals surface area contributed by atoms with E-state index in [2.05, 4.69) is 48.6 Å². The van der Waals surface area contributed by atoms with Gasteiger partial charge in [0.25, 0.3) is 0 Å². The van der Waals surface area contributed by atoms with E-state index in [9.17, 15) is 0 Å². The van der Waals surface area contributed by atoms with Crippen molar-refractivity contribution in [3.05, 3.63) is 59.7 Å². The molecule has 22 heavy (non-hydrogen) atoms. The summed E-state index contributed by atoms with van der Waals surface area (Å²) in [6.45, 7) is 2.18. The number of anilines is 1. The third-order valence-electron chi connectivity index (χ3n) is 4.68. The fourth-order valence-electron chi connectivity index (χ4n) is 3.50. The number of aryl methyl sites for hydroxylation is 1. The Morgan fingerprint density at radius 1 is 1.00 bits per heavy atom. The summed E-state index contributed by atoms with van der Waals surface area (Å²) in [6.07, 6.45) is 5.16. The van der Waals surface area contributed by atoms with Crippen molar-refractivity contribution >= 4 is 5.69 Å². The number of ether oxygens (including phenoxy) is 1. The number of methoxy groups -OCH3 is 1. The molecule has 1 saturated carbocycles. The number of hydrogen-bond donors (Lipinski definition) is 1. The van der Waals surface area contributed by atoms with Crippen molar-refractivity contribution in [3.63, 3.8) is 0 Å². The maximum absolute atomic E-state index is 5.23. The van der Waals surface area contributed by atoms with Gasteiger partial charge in [0.2, 0.25) is 0 Å². The smallest absolute Gasteiger partial charge is 0.119 e. The molecule has 2 nitrogen and oxygen atoms in total.